The summed E-state index contributed by atoms with van der Waals surface area (Å²) in [6.07, 6.45) is 3.47. The summed E-state index contributed by atoms with van der Waals surface area (Å²) in [7, 11) is -1.82. The van der Waals surface area contributed by atoms with E-state index in [2.05, 4.69) is 15.3 Å². The van der Waals surface area contributed by atoms with E-state index in [0.717, 1.165) is 39.0 Å². The van der Waals surface area contributed by atoms with Crippen LogP contribution < -0.4 is 14.3 Å². The van der Waals surface area contributed by atoms with Gasteiger partial charge in [0.25, 0.3) is 0 Å². The van der Waals surface area contributed by atoms with Crippen LogP contribution in [0.2, 0.25) is 0 Å². The van der Waals surface area contributed by atoms with Gasteiger partial charge >= 0.3 is 199 Å². The number of sulfonamides is 1. The second-order valence-corrected chi connectivity index (χ2v) is 13.3. The van der Waals surface area contributed by atoms with Gasteiger partial charge in [0.2, 0.25) is 0 Å². The number of aromatic nitrogens is 2. The predicted octanol–water partition coefficient (Wildman–Crippen LogP) is 2.26. The summed E-state index contributed by atoms with van der Waals surface area (Å²) >= 11 is 1.04. The molecule has 0 radical (unpaired) electrons. The van der Waals surface area contributed by atoms with Crippen molar-refractivity contribution in [2.75, 3.05) is 23.9 Å². The fourth-order valence-electron chi connectivity index (χ4n) is 3.42. The molecule has 0 spiro atoms. The maximum absolute atomic E-state index is 13.1. The van der Waals surface area contributed by atoms with Gasteiger partial charge in [0.15, 0.2) is 0 Å². The normalized spacial score (nSPS) is 15.5. The second kappa shape index (κ2) is 10.3. The number of nitrogens with zero attached hydrogens (tertiary/aromatic N) is 3. The molecular weight excluding hydrogens is 510 g/mol. The molecule has 10 heteroatoms. The van der Waals surface area contributed by atoms with Crippen molar-refractivity contribution in [1.29, 1.82) is 0 Å². The van der Waals surface area contributed by atoms with Crippen molar-refractivity contribution >= 4 is 58.0 Å². The standard InChI is InChI=1S/C22H24AsFN4O2S2/c1-28(19-11-14-31-15-12-19)32(29,30)20-8-2-16(3-9-20)23-22-25-13-10-21(27-22)26-18-6-4-17(24)5-7-18/h2-10,13,19,23H,11-12,14-15H2,1H3,(H,25,26,27). The van der Waals surface area contributed by atoms with Crippen LogP contribution in [0.1, 0.15) is 12.8 Å². The van der Waals surface area contributed by atoms with Crippen molar-refractivity contribution in [3.05, 3.63) is 66.6 Å². The molecule has 1 aliphatic heterocycles. The zero-order valence-corrected chi connectivity index (χ0v) is 21.3. The molecule has 32 heavy (non-hydrogen) atoms. The predicted molar refractivity (Wildman–Crippen MR) is 130 cm³/mol. The first-order valence-electron chi connectivity index (χ1n) is 10.2. The van der Waals surface area contributed by atoms with Gasteiger partial charge in [0.05, 0.1) is 0 Å². The van der Waals surface area contributed by atoms with Crippen LogP contribution in [0.4, 0.5) is 15.9 Å². The van der Waals surface area contributed by atoms with E-state index in [1.54, 1.807) is 43.6 Å². The van der Waals surface area contributed by atoms with Gasteiger partial charge in [-0.25, -0.2) is 0 Å². The minimum absolute atomic E-state index is 0.0686. The Morgan fingerprint density at radius 2 is 1.75 bits per heavy atom. The Hall–Kier alpha value is -1.93. The summed E-state index contributed by atoms with van der Waals surface area (Å²) in [5.74, 6) is 2.35. The van der Waals surface area contributed by atoms with Gasteiger partial charge in [-0.05, 0) is 0 Å². The summed E-state index contributed by atoms with van der Waals surface area (Å²) in [4.78, 5) is 9.25. The quantitative estimate of drug-likeness (QED) is 0.469. The molecule has 0 amide bonds. The number of anilines is 2. The number of hydrogen-bond acceptors (Lipinski definition) is 6. The summed E-state index contributed by atoms with van der Waals surface area (Å²) < 4.78 is 42.4. The molecule has 1 saturated heterocycles. The third kappa shape index (κ3) is 5.70. The molecule has 2 heterocycles. The molecule has 3 aromatic rings. The molecule has 1 N–H and O–H groups in total. The molecule has 1 atom stereocenters. The number of nitrogens with one attached hydrogen (secondary N) is 1. The van der Waals surface area contributed by atoms with Crippen molar-refractivity contribution in [3.8, 4) is 0 Å². The van der Waals surface area contributed by atoms with Crippen LogP contribution in [-0.4, -0.2) is 63.0 Å². The molecule has 4 rings (SSSR count). The Bertz CT molecular complexity index is 1160. The number of halogens is 1. The molecule has 168 valence electrons. The molecule has 0 bridgehead atoms. The first-order chi connectivity index (χ1) is 15.4. The van der Waals surface area contributed by atoms with E-state index in [4.69, 9.17) is 0 Å². The number of hydrogen-bond donors (Lipinski definition) is 1. The third-order valence-electron chi connectivity index (χ3n) is 5.26. The van der Waals surface area contributed by atoms with Gasteiger partial charge in [0.1, 0.15) is 0 Å². The van der Waals surface area contributed by atoms with Gasteiger partial charge < -0.3 is 0 Å². The summed E-state index contributed by atoms with van der Waals surface area (Å²) in [6, 6.07) is 15.0. The van der Waals surface area contributed by atoms with Crippen LogP contribution in [0, 0.1) is 5.82 Å². The molecule has 0 saturated carbocycles. The maximum atomic E-state index is 13.1. The van der Waals surface area contributed by atoms with Crippen molar-refractivity contribution in [1.82, 2.24) is 14.3 Å². The third-order valence-corrected chi connectivity index (χ3v) is 10.5. The van der Waals surface area contributed by atoms with Crippen LogP contribution >= 0.6 is 11.8 Å². The number of rotatable bonds is 7. The zero-order chi connectivity index (χ0) is 22.6. The van der Waals surface area contributed by atoms with E-state index in [-0.39, 0.29) is 11.9 Å². The SMILES string of the molecule is CN(C1CCSCC1)S(=O)(=O)c1ccc([AsH]c2nccc(Nc3ccc(F)cc3)n2)cc1. The molecule has 1 aliphatic rings. The number of benzene rings is 2. The summed E-state index contributed by atoms with van der Waals surface area (Å²) in [5, 5.41) is 3.15. The molecule has 6 nitrogen and oxygen atoms in total. The van der Waals surface area contributed by atoms with E-state index in [9.17, 15) is 12.8 Å². The van der Waals surface area contributed by atoms with Gasteiger partial charge in [-0.1, -0.05) is 0 Å². The van der Waals surface area contributed by atoms with Gasteiger partial charge in [-0.3, -0.25) is 0 Å². The molecular formula is C22H24AsFN4O2S2. The first-order valence-corrected chi connectivity index (χ1v) is 14.9. The zero-order valence-electron chi connectivity index (χ0n) is 17.5. The molecule has 2 aromatic carbocycles. The van der Waals surface area contributed by atoms with Gasteiger partial charge in [0, 0.05) is 0 Å². The van der Waals surface area contributed by atoms with Crippen molar-refractivity contribution in [3.63, 3.8) is 0 Å². The van der Waals surface area contributed by atoms with E-state index >= 15 is 0 Å². The van der Waals surface area contributed by atoms with Crippen molar-refractivity contribution < 1.29 is 12.8 Å². The van der Waals surface area contributed by atoms with E-state index in [1.807, 2.05) is 23.9 Å². The Balaban J connectivity index is 1.44. The molecule has 1 unspecified atom stereocenters. The summed E-state index contributed by atoms with van der Waals surface area (Å²) in [5.41, 5.74) is 0.742. The van der Waals surface area contributed by atoms with Crippen LogP contribution in [-0.2, 0) is 10.0 Å². The Morgan fingerprint density at radius 3 is 2.44 bits per heavy atom. The van der Waals surface area contributed by atoms with Crippen LogP contribution in [0.5, 0.6) is 0 Å². The average molecular weight is 535 g/mol. The minimum atomic E-state index is -3.50. The monoisotopic (exact) mass is 534 g/mol. The van der Waals surface area contributed by atoms with Gasteiger partial charge in [-0.2, -0.15) is 0 Å². The van der Waals surface area contributed by atoms with Crippen LogP contribution in [0.3, 0.4) is 0 Å². The van der Waals surface area contributed by atoms with Crippen molar-refractivity contribution in [2.45, 2.75) is 23.8 Å². The first kappa shape index (κ1) is 23.2. The van der Waals surface area contributed by atoms with Crippen molar-refractivity contribution in [2.24, 2.45) is 0 Å². The molecule has 0 aliphatic carbocycles. The second-order valence-electron chi connectivity index (χ2n) is 7.41. The van der Waals surface area contributed by atoms with E-state index < -0.39 is 25.8 Å². The fourth-order valence-corrected chi connectivity index (χ4v) is 7.82. The van der Waals surface area contributed by atoms with E-state index in [0.29, 0.717) is 10.7 Å². The molecule has 1 fully saturated rings. The fraction of sp³-hybridized carbons (Fsp3) is 0.273. The van der Waals surface area contributed by atoms with Crippen LogP contribution in [0.15, 0.2) is 65.7 Å². The van der Waals surface area contributed by atoms with Crippen LogP contribution in [0.25, 0.3) is 0 Å². The van der Waals surface area contributed by atoms with Gasteiger partial charge in [-0.15, -0.1) is 0 Å². The topological polar surface area (TPSA) is 75.2 Å². The Morgan fingerprint density at radius 1 is 1.06 bits per heavy atom. The Labute approximate surface area is 198 Å². The Kier molecular flexibility index (Phi) is 7.51. The number of thioether (sulfide) groups is 1. The van der Waals surface area contributed by atoms with E-state index in [1.165, 1.54) is 16.4 Å². The summed E-state index contributed by atoms with van der Waals surface area (Å²) in [6.45, 7) is 0. The average Bonchev–Trinajstić information content (AvgIpc) is 2.81. The molecule has 1 aromatic heterocycles.